The number of hydrogen-bond donors (Lipinski definition) is 2. The minimum Gasteiger partial charge on any atom is -0.493 e. The molecule has 5 nitrogen and oxygen atoms in total. The van der Waals surface area contributed by atoms with Gasteiger partial charge in [-0.25, -0.2) is 0 Å². The summed E-state index contributed by atoms with van der Waals surface area (Å²) in [6.45, 7) is 7.29. The Balaban J connectivity index is 2.57. The van der Waals surface area contributed by atoms with Crippen LogP contribution in [-0.4, -0.2) is 25.2 Å². The van der Waals surface area contributed by atoms with E-state index in [9.17, 15) is 4.79 Å². The molecule has 0 radical (unpaired) electrons. The van der Waals surface area contributed by atoms with Crippen molar-refractivity contribution in [1.82, 2.24) is 5.32 Å². The van der Waals surface area contributed by atoms with Crippen LogP contribution >= 0.6 is 0 Å². The van der Waals surface area contributed by atoms with Crippen LogP contribution in [0.25, 0.3) is 0 Å². The highest BCUT2D eigenvalue weighted by molar-refractivity contribution is 5.76. The maximum Gasteiger partial charge on any atom is 0.223 e. The first-order chi connectivity index (χ1) is 10.1. The quantitative estimate of drug-likeness (QED) is 0.732. The van der Waals surface area contributed by atoms with E-state index >= 15 is 0 Å². The van der Waals surface area contributed by atoms with E-state index in [-0.39, 0.29) is 11.9 Å². The maximum atomic E-state index is 11.6. The van der Waals surface area contributed by atoms with Gasteiger partial charge in [-0.3, -0.25) is 4.79 Å². The number of rotatable bonds is 9. The van der Waals surface area contributed by atoms with Crippen LogP contribution in [0.3, 0.4) is 0 Å². The molecule has 0 saturated heterocycles. The van der Waals surface area contributed by atoms with E-state index in [2.05, 4.69) is 12.2 Å². The van der Waals surface area contributed by atoms with E-state index in [1.54, 1.807) is 0 Å². The molecular weight excluding hydrogens is 268 g/mol. The fourth-order valence-electron chi connectivity index (χ4n) is 1.80. The van der Waals surface area contributed by atoms with E-state index in [1.807, 2.05) is 32.0 Å². The molecule has 0 unspecified atom stereocenters. The van der Waals surface area contributed by atoms with Crippen LogP contribution in [0.4, 0.5) is 0 Å². The SMILES string of the molecule is CCCOc1ccc(CN)c(OCCC(=O)NC(C)C)c1. The topological polar surface area (TPSA) is 73.6 Å². The number of ether oxygens (including phenoxy) is 2. The fraction of sp³-hybridized carbons (Fsp3) is 0.562. The lowest BCUT2D eigenvalue weighted by atomic mass is 10.2. The highest BCUT2D eigenvalue weighted by Gasteiger charge is 2.07. The Morgan fingerprint density at radius 1 is 1.29 bits per heavy atom. The van der Waals surface area contributed by atoms with Gasteiger partial charge >= 0.3 is 0 Å². The Bertz CT molecular complexity index is 447. The van der Waals surface area contributed by atoms with Crippen molar-refractivity contribution >= 4 is 5.91 Å². The van der Waals surface area contributed by atoms with Crippen LogP contribution in [0.15, 0.2) is 18.2 Å². The highest BCUT2D eigenvalue weighted by Crippen LogP contribution is 2.25. The third-order valence-electron chi connectivity index (χ3n) is 2.77. The summed E-state index contributed by atoms with van der Waals surface area (Å²) in [5, 5.41) is 2.83. The standard InChI is InChI=1S/C16H26N2O3/c1-4-8-20-14-6-5-13(11-17)15(10-14)21-9-7-16(19)18-12(2)3/h5-6,10,12H,4,7-9,11,17H2,1-3H3,(H,18,19). The largest absolute Gasteiger partial charge is 0.493 e. The van der Waals surface area contributed by atoms with Gasteiger partial charge in [0.15, 0.2) is 0 Å². The Morgan fingerprint density at radius 3 is 2.67 bits per heavy atom. The molecule has 1 rings (SSSR count). The third kappa shape index (κ3) is 6.49. The van der Waals surface area contributed by atoms with Crippen molar-refractivity contribution in [3.8, 4) is 11.5 Å². The average molecular weight is 294 g/mol. The number of amides is 1. The van der Waals surface area contributed by atoms with Gasteiger partial charge in [-0.1, -0.05) is 13.0 Å². The number of benzene rings is 1. The smallest absolute Gasteiger partial charge is 0.223 e. The highest BCUT2D eigenvalue weighted by atomic mass is 16.5. The first-order valence-electron chi connectivity index (χ1n) is 7.44. The third-order valence-corrected chi connectivity index (χ3v) is 2.77. The molecule has 1 amide bonds. The van der Waals surface area contributed by atoms with Gasteiger partial charge in [0.2, 0.25) is 5.91 Å². The summed E-state index contributed by atoms with van der Waals surface area (Å²) in [5.41, 5.74) is 6.60. The van der Waals surface area contributed by atoms with Crippen LogP contribution < -0.4 is 20.5 Å². The van der Waals surface area contributed by atoms with Gasteiger partial charge in [0.25, 0.3) is 0 Å². The second-order valence-electron chi connectivity index (χ2n) is 5.14. The molecule has 0 saturated carbocycles. The van der Waals surface area contributed by atoms with Gasteiger partial charge < -0.3 is 20.5 Å². The Morgan fingerprint density at radius 2 is 2.05 bits per heavy atom. The first kappa shape index (κ1) is 17.3. The second-order valence-corrected chi connectivity index (χ2v) is 5.14. The predicted molar refractivity (Wildman–Crippen MR) is 83.5 cm³/mol. The fourth-order valence-corrected chi connectivity index (χ4v) is 1.80. The van der Waals surface area contributed by atoms with Gasteiger partial charge in [-0.05, 0) is 26.3 Å². The maximum absolute atomic E-state index is 11.6. The molecule has 0 bridgehead atoms. The molecule has 1 aromatic carbocycles. The van der Waals surface area contributed by atoms with Crippen molar-refractivity contribution in [1.29, 1.82) is 0 Å². The summed E-state index contributed by atoms with van der Waals surface area (Å²) >= 11 is 0. The summed E-state index contributed by atoms with van der Waals surface area (Å²) < 4.78 is 11.3. The zero-order valence-electron chi connectivity index (χ0n) is 13.1. The molecule has 21 heavy (non-hydrogen) atoms. The minimum atomic E-state index is -0.0160. The molecule has 3 N–H and O–H groups in total. The summed E-state index contributed by atoms with van der Waals surface area (Å²) in [5.74, 6) is 1.43. The summed E-state index contributed by atoms with van der Waals surface area (Å²) in [6.07, 6.45) is 1.27. The molecule has 0 aliphatic heterocycles. The minimum absolute atomic E-state index is 0.0160. The number of nitrogens with two attached hydrogens (primary N) is 1. The van der Waals surface area contributed by atoms with E-state index in [4.69, 9.17) is 15.2 Å². The number of carbonyl (C=O) groups excluding carboxylic acids is 1. The van der Waals surface area contributed by atoms with Crippen molar-refractivity contribution in [3.05, 3.63) is 23.8 Å². The summed E-state index contributed by atoms with van der Waals surface area (Å²) in [4.78, 5) is 11.6. The number of hydrogen-bond acceptors (Lipinski definition) is 4. The molecule has 0 aliphatic carbocycles. The zero-order valence-corrected chi connectivity index (χ0v) is 13.1. The summed E-state index contributed by atoms with van der Waals surface area (Å²) in [6, 6.07) is 5.76. The molecule has 5 heteroatoms. The molecule has 118 valence electrons. The van der Waals surface area contributed by atoms with E-state index < -0.39 is 0 Å². The Labute approximate surface area is 126 Å². The zero-order chi connectivity index (χ0) is 15.7. The van der Waals surface area contributed by atoms with Crippen LogP contribution in [0.2, 0.25) is 0 Å². The van der Waals surface area contributed by atoms with Crippen molar-refractivity contribution in [3.63, 3.8) is 0 Å². The molecule has 1 aromatic rings. The first-order valence-corrected chi connectivity index (χ1v) is 7.44. The van der Waals surface area contributed by atoms with Crippen molar-refractivity contribution < 1.29 is 14.3 Å². The van der Waals surface area contributed by atoms with E-state index in [0.717, 1.165) is 17.7 Å². The summed E-state index contributed by atoms with van der Waals surface area (Å²) in [7, 11) is 0. The predicted octanol–water partition coefficient (Wildman–Crippen LogP) is 2.23. The molecule has 0 fully saturated rings. The van der Waals surface area contributed by atoms with Gasteiger partial charge in [0.05, 0.1) is 19.6 Å². The van der Waals surface area contributed by atoms with Crippen LogP contribution in [0, 0.1) is 0 Å². The molecular formula is C16H26N2O3. The monoisotopic (exact) mass is 294 g/mol. The van der Waals surface area contributed by atoms with Crippen LogP contribution in [0.5, 0.6) is 11.5 Å². The van der Waals surface area contributed by atoms with Crippen LogP contribution in [-0.2, 0) is 11.3 Å². The molecule has 0 atom stereocenters. The molecule has 0 heterocycles. The lowest BCUT2D eigenvalue weighted by Crippen LogP contribution is -2.31. The Kier molecular flexibility index (Phi) is 7.61. The van der Waals surface area contributed by atoms with Crippen molar-refractivity contribution in [2.24, 2.45) is 5.73 Å². The lowest BCUT2D eigenvalue weighted by Gasteiger charge is -2.13. The van der Waals surface area contributed by atoms with Crippen molar-refractivity contribution in [2.75, 3.05) is 13.2 Å². The van der Waals surface area contributed by atoms with Crippen LogP contribution in [0.1, 0.15) is 39.2 Å². The van der Waals surface area contributed by atoms with Gasteiger partial charge in [-0.15, -0.1) is 0 Å². The molecule has 0 aromatic heterocycles. The number of nitrogens with one attached hydrogen (secondary N) is 1. The van der Waals surface area contributed by atoms with Crippen molar-refractivity contribution in [2.45, 2.75) is 46.2 Å². The number of carbonyl (C=O) groups is 1. The van der Waals surface area contributed by atoms with Gasteiger partial charge in [0, 0.05) is 24.2 Å². The molecule has 0 spiro atoms. The second kappa shape index (κ2) is 9.23. The normalized spacial score (nSPS) is 10.5. The Hall–Kier alpha value is -1.75. The van der Waals surface area contributed by atoms with E-state index in [1.165, 1.54) is 0 Å². The van der Waals surface area contributed by atoms with E-state index in [0.29, 0.717) is 31.9 Å². The molecule has 0 aliphatic rings. The van der Waals surface area contributed by atoms with Gasteiger partial charge in [-0.2, -0.15) is 0 Å². The van der Waals surface area contributed by atoms with Gasteiger partial charge in [0.1, 0.15) is 11.5 Å². The lowest BCUT2D eigenvalue weighted by molar-refractivity contribution is -0.122. The average Bonchev–Trinajstić information content (AvgIpc) is 2.44.